The molecule has 0 atom stereocenters. The monoisotopic (exact) mass is 275 g/mol. The standard InChI is InChI=1S/C13H13N3O4/c1-2-20-11-6-8(3-4-10(11)17)5-9(7-14)12(18)16-13(15)19/h3-6,17H,2H2,1H3,(H3,15,16,18,19)/b9-5-. The summed E-state index contributed by atoms with van der Waals surface area (Å²) in [6.07, 6.45) is 1.25. The predicted octanol–water partition coefficient (Wildman–Crippen LogP) is 0.893. The van der Waals surface area contributed by atoms with Gasteiger partial charge in [0.25, 0.3) is 5.91 Å². The summed E-state index contributed by atoms with van der Waals surface area (Å²) in [5.74, 6) is -0.719. The molecular formula is C13H13N3O4. The molecule has 0 spiro atoms. The Bertz CT molecular complexity index is 602. The van der Waals surface area contributed by atoms with Crippen molar-refractivity contribution in [2.45, 2.75) is 6.92 Å². The number of rotatable bonds is 4. The van der Waals surface area contributed by atoms with Crippen LogP contribution in [0.3, 0.4) is 0 Å². The van der Waals surface area contributed by atoms with E-state index >= 15 is 0 Å². The van der Waals surface area contributed by atoms with E-state index in [9.17, 15) is 14.7 Å². The van der Waals surface area contributed by atoms with Crippen LogP contribution in [0, 0.1) is 11.3 Å². The molecule has 0 bridgehead atoms. The lowest BCUT2D eigenvalue weighted by molar-refractivity contribution is -0.115. The van der Waals surface area contributed by atoms with Gasteiger partial charge in [-0.15, -0.1) is 0 Å². The molecule has 0 radical (unpaired) electrons. The summed E-state index contributed by atoms with van der Waals surface area (Å²) < 4.78 is 5.18. The van der Waals surface area contributed by atoms with Crippen LogP contribution in [0.5, 0.6) is 11.5 Å². The second-order valence-corrected chi connectivity index (χ2v) is 3.65. The van der Waals surface area contributed by atoms with Crippen LogP contribution in [0.1, 0.15) is 12.5 Å². The molecule has 0 aliphatic carbocycles. The fourth-order valence-electron chi connectivity index (χ4n) is 1.39. The van der Waals surface area contributed by atoms with E-state index in [-0.39, 0.29) is 17.1 Å². The molecule has 1 aromatic rings. The van der Waals surface area contributed by atoms with E-state index in [0.717, 1.165) is 0 Å². The van der Waals surface area contributed by atoms with Crippen LogP contribution in [0.4, 0.5) is 4.79 Å². The highest BCUT2D eigenvalue weighted by Gasteiger charge is 2.11. The zero-order chi connectivity index (χ0) is 15.1. The summed E-state index contributed by atoms with van der Waals surface area (Å²) in [6.45, 7) is 2.11. The average molecular weight is 275 g/mol. The Morgan fingerprint density at radius 3 is 2.80 bits per heavy atom. The van der Waals surface area contributed by atoms with Crippen LogP contribution >= 0.6 is 0 Å². The van der Waals surface area contributed by atoms with Crippen LogP contribution in [0.25, 0.3) is 6.08 Å². The average Bonchev–Trinajstić information content (AvgIpc) is 2.38. The van der Waals surface area contributed by atoms with Gasteiger partial charge in [0, 0.05) is 0 Å². The van der Waals surface area contributed by atoms with E-state index in [1.165, 1.54) is 24.3 Å². The molecule has 104 valence electrons. The number of hydrogen-bond donors (Lipinski definition) is 3. The number of hydrogen-bond acceptors (Lipinski definition) is 5. The van der Waals surface area contributed by atoms with E-state index < -0.39 is 11.9 Å². The lowest BCUT2D eigenvalue weighted by Gasteiger charge is -2.06. The number of benzene rings is 1. The van der Waals surface area contributed by atoms with Crippen molar-refractivity contribution >= 4 is 18.0 Å². The van der Waals surface area contributed by atoms with Gasteiger partial charge in [-0.2, -0.15) is 5.26 Å². The molecule has 0 unspecified atom stereocenters. The number of phenols is 1. The molecule has 4 N–H and O–H groups in total. The number of phenolic OH excluding ortho intramolecular Hbond substituents is 1. The van der Waals surface area contributed by atoms with Crippen molar-refractivity contribution < 1.29 is 19.4 Å². The first kappa shape index (κ1) is 15.0. The van der Waals surface area contributed by atoms with E-state index in [1.807, 2.05) is 0 Å². The molecule has 0 saturated heterocycles. The van der Waals surface area contributed by atoms with E-state index in [0.29, 0.717) is 12.2 Å². The maximum absolute atomic E-state index is 11.5. The number of urea groups is 1. The maximum Gasteiger partial charge on any atom is 0.319 e. The molecule has 7 nitrogen and oxygen atoms in total. The molecule has 0 aliphatic heterocycles. The molecular weight excluding hydrogens is 262 g/mol. The lowest BCUT2D eigenvalue weighted by Crippen LogP contribution is -2.35. The molecule has 0 aromatic heterocycles. The molecule has 1 aromatic carbocycles. The van der Waals surface area contributed by atoms with Crippen LogP contribution in [0.15, 0.2) is 23.8 Å². The van der Waals surface area contributed by atoms with Crippen molar-refractivity contribution in [3.8, 4) is 17.6 Å². The first-order valence-electron chi connectivity index (χ1n) is 5.66. The van der Waals surface area contributed by atoms with Gasteiger partial charge in [-0.1, -0.05) is 6.07 Å². The van der Waals surface area contributed by atoms with Crippen molar-refractivity contribution in [2.24, 2.45) is 5.73 Å². The van der Waals surface area contributed by atoms with Crippen molar-refractivity contribution in [2.75, 3.05) is 6.61 Å². The van der Waals surface area contributed by atoms with E-state index in [4.69, 9.17) is 15.7 Å². The number of amides is 3. The topological polar surface area (TPSA) is 125 Å². The van der Waals surface area contributed by atoms with E-state index in [2.05, 4.69) is 0 Å². The van der Waals surface area contributed by atoms with Gasteiger partial charge in [0.1, 0.15) is 11.6 Å². The number of imide groups is 1. The third-order valence-corrected chi connectivity index (χ3v) is 2.20. The van der Waals surface area contributed by atoms with Crippen LogP contribution in [-0.4, -0.2) is 23.7 Å². The van der Waals surface area contributed by atoms with Gasteiger partial charge < -0.3 is 15.6 Å². The second kappa shape index (κ2) is 6.80. The molecule has 3 amide bonds. The summed E-state index contributed by atoms with van der Waals surface area (Å²) in [7, 11) is 0. The number of carbonyl (C=O) groups is 2. The highest BCUT2D eigenvalue weighted by Crippen LogP contribution is 2.27. The van der Waals surface area contributed by atoms with Crippen LogP contribution in [0.2, 0.25) is 0 Å². The Balaban J connectivity index is 3.07. The van der Waals surface area contributed by atoms with Gasteiger partial charge in [-0.3, -0.25) is 10.1 Å². The third-order valence-electron chi connectivity index (χ3n) is 2.20. The van der Waals surface area contributed by atoms with Gasteiger partial charge in [0.15, 0.2) is 11.5 Å². The predicted molar refractivity (Wildman–Crippen MR) is 70.6 cm³/mol. The number of nitriles is 1. The molecule has 0 aliphatic rings. The largest absolute Gasteiger partial charge is 0.504 e. The summed E-state index contributed by atoms with van der Waals surface area (Å²) in [6, 6.07) is 4.95. The normalized spacial score (nSPS) is 10.5. The van der Waals surface area contributed by atoms with Gasteiger partial charge in [-0.25, -0.2) is 4.79 Å². The third kappa shape index (κ3) is 4.03. The molecule has 1 rings (SSSR count). The number of primary amides is 1. The molecule has 7 heteroatoms. The van der Waals surface area contributed by atoms with Crippen molar-refractivity contribution in [1.29, 1.82) is 5.26 Å². The summed E-state index contributed by atoms with van der Waals surface area (Å²) in [5.41, 5.74) is 4.97. The van der Waals surface area contributed by atoms with Gasteiger partial charge in [0.2, 0.25) is 0 Å². The molecule has 0 fully saturated rings. The molecule has 20 heavy (non-hydrogen) atoms. The fraction of sp³-hybridized carbons (Fsp3) is 0.154. The maximum atomic E-state index is 11.5. The Hall–Kier alpha value is -3.01. The van der Waals surface area contributed by atoms with E-state index in [1.54, 1.807) is 18.3 Å². The van der Waals surface area contributed by atoms with Crippen LogP contribution in [-0.2, 0) is 4.79 Å². The summed E-state index contributed by atoms with van der Waals surface area (Å²) >= 11 is 0. The summed E-state index contributed by atoms with van der Waals surface area (Å²) in [4.78, 5) is 22.1. The zero-order valence-electron chi connectivity index (χ0n) is 10.7. The zero-order valence-corrected chi connectivity index (χ0v) is 10.7. The summed E-state index contributed by atoms with van der Waals surface area (Å²) in [5, 5.41) is 20.2. The van der Waals surface area contributed by atoms with Crippen molar-refractivity contribution in [1.82, 2.24) is 5.32 Å². The minimum Gasteiger partial charge on any atom is -0.504 e. The number of nitrogens with one attached hydrogen (secondary N) is 1. The lowest BCUT2D eigenvalue weighted by atomic mass is 10.1. The van der Waals surface area contributed by atoms with Crippen LogP contribution < -0.4 is 15.8 Å². The highest BCUT2D eigenvalue weighted by atomic mass is 16.5. The molecule has 0 heterocycles. The number of nitrogens with two attached hydrogens (primary N) is 1. The minimum absolute atomic E-state index is 0.0518. The first-order valence-corrected chi connectivity index (χ1v) is 5.66. The van der Waals surface area contributed by atoms with Gasteiger partial charge in [0.05, 0.1) is 6.61 Å². The highest BCUT2D eigenvalue weighted by molar-refractivity contribution is 6.08. The number of ether oxygens (including phenoxy) is 1. The number of carbonyl (C=O) groups excluding carboxylic acids is 2. The van der Waals surface area contributed by atoms with Crippen molar-refractivity contribution in [3.05, 3.63) is 29.3 Å². The van der Waals surface area contributed by atoms with Gasteiger partial charge in [-0.05, 0) is 30.7 Å². The Kier molecular flexibility index (Phi) is 5.12. The molecule has 0 saturated carbocycles. The quantitative estimate of drug-likeness (QED) is 0.555. The number of nitrogens with zero attached hydrogens (tertiary/aromatic N) is 1. The fourth-order valence-corrected chi connectivity index (χ4v) is 1.39. The number of aromatic hydroxyl groups is 1. The smallest absolute Gasteiger partial charge is 0.319 e. The van der Waals surface area contributed by atoms with Gasteiger partial charge >= 0.3 is 6.03 Å². The van der Waals surface area contributed by atoms with Crippen molar-refractivity contribution in [3.63, 3.8) is 0 Å². The minimum atomic E-state index is -1.04. The SMILES string of the molecule is CCOc1cc(/C=C(/C#N)C(=O)NC(N)=O)ccc1O. The Labute approximate surface area is 115 Å². The Morgan fingerprint density at radius 2 is 2.25 bits per heavy atom. The first-order chi connectivity index (χ1) is 9.47. The second-order valence-electron chi connectivity index (χ2n) is 3.65. The Morgan fingerprint density at radius 1 is 1.55 bits per heavy atom.